The molecule has 1 aromatic heterocycles. The number of aliphatic carboxylic acids is 1. The Labute approximate surface area is 124 Å². The van der Waals surface area contributed by atoms with E-state index in [0.29, 0.717) is 5.16 Å². The van der Waals surface area contributed by atoms with Crippen LogP contribution in [0.4, 0.5) is 5.95 Å². The number of thioether (sulfide) groups is 1. The van der Waals surface area contributed by atoms with Crippen molar-refractivity contribution >= 4 is 23.7 Å². The van der Waals surface area contributed by atoms with Crippen molar-refractivity contribution in [2.24, 2.45) is 0 Å². The highest BCUT2D eigenvalue weighted by Crippen LogP contribution is 2.27. The second-order valence-electron chi connectivity index (χ2n) is 5.34. The molecule has 0 aromatic carbocycles. The average molecular weight is 300 g/mol. The molecule has 6 nitrogen and oxygen atoms in total. The van der Waals surface area contributed by atoms with Crippen LogP contribution in [0.2, 0.25) is 0 Å². The molecule has 0 saturated carbocycles. The van der Waals surface area contributed by atoms with Crippen molar-refractivity contribution in [2.75, 3.05) is 17.7 Å². The molecule has 0 atom stereocenters. The highest BCUT2D eigenvalue weighted by Gasteiger charge is 2.26. The monoisotopic (exact) mass is 300 g/mol. The summed E-state index contributed by atoms with van der Waals surface area (Å²) in [4.78, 5) is 12.8. The van der Waals surface area contributed by atoms with Crippen LogP contribution in [0.15, 0.2) is 5.16 Å². The summed E-state index contributed by atoms with van der Waals surface area (Å²) in [7, 11) is 2.01. The minimum Gasteiger partial charge on any atom is -0.481 e. The van der Waals surface area contributed by atoms with Gasteiger partial charge in [-0.2, -0.15) is 0 Å². The summed E-state index contributed by atoms with van der Waals surface area (Å²) in [5.41, 5.74) is -0.0206. The van der Waals surface area contributed by atoms with Crippen LogP contribution in [0.1, 0.15) is 40.5 Å². The molecule has 0 aliphatic carbocycles. The number of rotatable bonds is 8. The zero-order valence-corrected chi connectivity index (χ0v) is 13.7. The summed E-state index contributed by atoms with van der Waals surface area (Å²) >= 11 is 1.21. The van der Waals surface area contributed by atoms with Crippen molar-refractivity contribution in [3.63, 3.8) is 0 Å². The van der Waals surface area contributed by atoms with Gasteiger partial charge in [0.15, 0.2) is 5.16 Å². The number of hydrogen-bond acceptors (Lipinski definition) is 5. The molecular formula is C13H24N4O2S. The highest BCUT2D eigenvalue weighted by atomic mass is 32.2. The Hall–Kier alpha value is -1.24. The van der Waals surface area contributed by atoms with Crippen molar-refractivity contribution in [1.29, 1.82) is 0 Å². The molecule has 0 saturated heterocycles. The Bertz CT molecular complexity index is 459. The van der Waals surface area contributed by atoms with Crippen LogP contribution in [0.25, 0.3) is 0 Å². The SMILES string of the molecule is CCCn1c(SCC(=O)O)nnc1N(C)C(C)(C)CC. The summed E-state index contributed by atoms with van der Waals surface area (Å²) in [6.45, 7) is 9.32. The van der Waals surface area contributed by atoms with Gasteiger partial charge in [0.25, 0.3) is 0 Å². The molecule has 0 unspecified atom stereocenters. The number of nitrogens with zero attached hydrogens (tertiary/aromatic N) is 4. The summed E-state index contributed by atoms with van der Waals surface area (Å²) < 4.78 is 2.00. The van der Waals surface area contributed by atoms with E-state index in [9.17, 15) is 4.79 Å². The Morgan fingerprint density at radius 3 is 2.55 bits per heavy atom. The minimum atomic E-state index is -0.843. The van der Waals surface area contributed by atoms with Gasteiger partial charge in [-0.05, 0) is 26.7 Å². The quantitative estimate of drug-likeness (QED) is 0.744. The number of hydrogen-bond donors (Lipinski definition) is 1. The molecule has 0 amide bonds. The highest BCUT2D eigenvalue weighted by molar-refractivity contribution is 7.99. The fourth-order valence-corrected chi connectivity index (χ4v) is 2.37. The van der Waals surface area contributed by atoms with E-state index < -0.39 is 5.97 Å². The first-order chi connectivity index (χ1) is 9.33. The van der Waals surface area contributed by atoms with Crippen LogP contribution >= 0.6 is 11.8 Å². The summed E-state index contributed by atoms with van der Waals surface area (Å²) in [5.74, 6) is -0.0423. The molecule has 0 aliphatic rings. The van der Waals surface area contributed by atoms with Crippen molar-refractivity contribution < 1.29 is 9.90 Å². The van der Waals surface area contributed by atoms with E-state index in [-0.39, 0.29) is 11.3 Å². The van der Waals surface area contributed by atoms with E-state index in [0.717, 1.165) is 25.3 Å². The van der Waals surface area contributed by atoms with Crippen LogP contribution in [0.3, 0.4) is 0 Å². The summed E-state index contributed by atoms with van der Waals surface area (Å²) in [5, 5.41) is 17.9. The van der Waals surface area contributed by atoms with E-state index in [1.807, 2.05) is 11.6 Å². The lowest BCUT2D eigenvalue weighted by Crippen LogP contribution is -2.42. The molecule has 1 N–H and O–H groups in total. The van der Waals surface area contributed by atoms with E-state index in [4.69, 9.17) is 5.11 Å². The third-order valence-corrected chi connectivity index (χ3v) is 4.49. The van der Waals surface area contributed by atoms with Crippen LogP contribution in [-0.2, 0) is 11.3 Å². The average Bonchev–Trinajstić information content (AvgIpc) is 2.79. The van der Waals surface area contributed by atoms with Crippen molar-refractivity contribution in [1.82, 2.24) is 14.8 Å². The lowest BCUT2D eigenvalue weighted by atomic mass is 10.0. The first kappa shape index (κ1) is 16.8. The van der Waals surface area contributed by atoms with Crippen LogP contribution in [0, 0.1) is 0 Å². The van der Waals surface area contributed by atoms with Crippen molar-refractivity contribution in [3.8, 4) is 0 Å². The second-order valence-corrected chi connectivity index (χ2v) is 6.28. The molecule has 0 spiro atoms. The van der Waals surface area contributed by atoms with Crippen molar-refractivity contribution in [2.45, 2.75) is 57.8 Å². The van der Waals surface area contributed by atoms with E-state index in [2.05, 4.69) is 42.8 Å². The van der Waals surface area contributed by atoms with Gasteiger partial charge in [0.1, 0.15) is 0 Å². The molecule has 0 fully saturated rings. The fourth-order valence-electron chi connectivity index (χ4n) is 1.69. The Balaban J connectivity index is 3.04. The number of carboxylic acid groups (broad SMARTS) is 1. The maximum Gasteiger partial charge on any atom is 0.313 e. The lowest BCUT2D eigenvalue weighted by Gasteiger charge is -2.35. The molecule has 1 aromatic rings. The summed E-state index contributed by atoms with van der Waals surface area (Å²) in [6.07, 6.45) is 1.94. The molecule has 20 heavy (non-hydrogen) atoms. The zero-order valence-electron chi connectivity index (χ0n) is 12.9. The van der Waals surface area contributed by atoms with Gasteiger partial charge in [-0.15, -0.1) is 10.2 Å². The topological polar surface area (TPSA) is 71.2 Å². The maximum atomic E-state index is 10.7. The van der Waals surface area contributed by atoms with Crippen LogP contribution in [0.5, 0.6) is 0 Å². The first-order valence-electron chi connectivity index (χ1n) is 6.85. The smallest absolute Gasteiger partial charge is 0.313 e. The van der Waals surface area contributed by atoms with Gasteiger partial charge in [0.2, 0.25) is 5.95 Å². The Kier molecular flexibility index (Phi) is 5.86. The third-order valence-electron chi connectivity index (χ3n) is 3.54. The van der Waals surface area contributed by atoms with Crippen molar-refractivity contribution in [3.05, 3.63) is 0 Å². The predicted molar refractivity (Wildman–Crippen MR) is 81.4 cm³/mol. The molecule has 0 bridgehead atoms. The third kappa shape index (κ3) is 3.88. The molecule has 0 aliphatic heterocycles. The van der Waals surface area contributed by atoms with Gasteiger partial charge in [0, 0.05) is 19.1 Å². The molecule has 7 heteroatoms. The number of aromatic nitrogens is 3. The normalized spacial score (nSPS) is 11.7. The van der Waals surface area contributed by atoms with Gasteiger partial charge in [0.05, 0.1) is 5.75 Å². The molecular weight excluding hydrogens is 276 g/mol. The maximum absolute atomic E-state index is 10.7. The summed E-state index contributed by atoms with van der Waals surface area (Å²) in [6, 6.07) is 0. The van der Waals surface area contributed by atoms with Gasteiger partial charge < -0.3 is 10.0 Å². The first-order valence-corrected chi connectivity index (χ1v) is 7.83. The lowest BCUT2D eigenvalue weighted by molar-refractivity contribution is -0.133. The molecule has 0 radical (unpaired) electrons. The van der Waals surface area contributed by atoms with Gasteiger partial charge in [-0.25, -0.2) is 0 Å². The standard InChI is InChI=1S/C13H24N4O2S/c1-6-8-17-11(16(5)13(3,4)7-2)14-15-12(17)20-9-10(18)19/h6-9H2,1-5H3,(H,18,19). The number of carbonyl (C=O) groups is 1. The van der Waals surface area contributed by atoms with Gasteiger partial charge in [-0.3, -0.25) is 9.36 Å². The predicted octanol–water partition coefficient (Wildman–Crippen LogP) is 2.49. The van der Waals surface area contributed by atoms with E-state index >= 15 is 0 Å². The molecule has 114 valence electrons. The van der Waals surface area contributed by atoms with Gasteiger partial charge in [-0.1, -0.05) is 25.6 Å². The molecule has 1 rings (SSSR count). The van der Waals surface area contributed by atoms with Gasteiger partial charge >= 0.3 is 5.97 Å². The number of anilines is 1. The number of carboxylic acids is 1. The van der Waals surface area contributed by atoms with Crippen LogP contribution < -0.4 is 4.90 Å². The Morgan fingerprint density at radius 2 is 2.05 bits per heavy atom. The Morgan fingerprint density at radius 1 is 1.40 bits per heavy atom. The minimum absolute atomic E-state index is 0.00271. The van der Waals surface area contributed by atoms with E-state index in [1.165, 1.54) is 11.8 Å². The van der Waals surface area contributed by atoms with Crippen LogP contribution in [-0.4, -0.2) is 44.2 Å². The molecule has 1 heterocycles. The largest absolute Gasteiger partial charge is 0.481 e. The fraction of sp³-hybridized carbons (Fsp3) is 0.769. The second kappa shape index (κ2) is 6.97. The van der Waals surface area contributed by atoms with E-state index in [1.54, 1.807) is 0 Å². The zero-order chi connectivity index (χ0) is 15.3.